The molecular weight excluding hydrogens is 428 g/mol. The Morgan fingerprint density at radius 2 is 1.75 bits per heavy atom. The number of sulfonamides is 1. The van der Waals surface area contributed by atoms with Crippen molar-refractivity contribution < 1.29 is 22.7 Å². The van der Waals surface area contributed by atoms with Gasteiger partial charge in [0, 0.05) is 25.2 Å². The summed E-state index contributed by atoms with van der Waals surface area (Å²) in [5.41, 5.74) is 1.47. The van der Waals surface area contributed by atoms with E-state index in [1.807, 2.05) is 29.2 Å². The average molecular weight is 459 g/mol. The van der Waals surface area contributed by atoms with Crippen LogP contribution in [0.2, 0.25) is 0 Å². The second-order valence-corrected chi connectivity index (χ2v) is 10.1. The number of morpholine rings is 1. The average Bonchev–Trinajstić information content (AvgIpc) is 3.10. The third-order valence-corrected chi connectivity index (χ3v) is 8.10. The first-order chi connectivity index (χ1) is 15.5. The molecule has 0 aliphatic carbocycles. The highest BCUT2D eigenvalue weighted by molar-refractivity contribution is 7.89. The number of nitrogens with zero attached hydrogens (tertiary/aromatic N) is 2. The summed E-state index contributed by atoms with van der Waals surface area (Å²) in [7, 11) is -2.03. The van der Waals surface area contributed by atoms with Gasteiger partial charge in [-0.2, -0.15) is 4.31 Å². The van der Waals surface area contributed by atoms with Crippen LogP contribution in [-0.4, -0.2) is 63.5 Å². The van der Waals surface area contributed by atoms with E-state index in [0.717, 1.165) is 37.0 Å². The van der Waals surface area contributed by atoms with Crippen LogP contribution in [-0.2, 0) is 14.8 Å². The minimum atomic E-state index is -3.66. The van der Waals surface area contributed by atoms with Gasteiger partial charge in [-0.1, -0.05) is 31.0 Å². The molecule has 1 atom stereocenters. The van der Waals surface area contributed by atoms with Gasteiger partial charge in [0.25, 0.3) is 5.91 Å². The summed E-state index contributed by atoms with van der Waals surface area (Å²) in [5.74, 6) is 0.646. The highest BCUT2D eigenvalue weighted by atomic mass is 32.2. The summed E-state index contributed by atoms with van der Waals surface area (Å²) >= 11 is 0. The van der Waals surface area contributed by atoms with Crippen molar-refractivity contribution in [3.8, 4) is 5.75 Å². The molecule has 2 fully saturated rings. The van der Waals surface area contributed by atoms with Crippen LogP contribution in [0, 0.1) is 0 Å². The van der Waals surface area contributed by atoms with Crippen LogP contribution >= 0.6 is 0 Å². The zero-order valence-corrected chi connectivity index (χ0v) is 19.2. The molecule has 0 aromatic heterocycles. The van der Waals surface area contributed by atoms with Gasteiger partial charge in [-0.05, 0) is 48.7 Å². The molecule has 172 valence electrons. The van der Waals surface area contributed by atoms with Crippen molar-refractivity contribution in [1.82, 2.24) is 9.21 Å². The molecule has 2 saturated heterocycles. The van der Waals surface area contributed by atoms with E-state index < -0.39 is 10.0 Å². The van der Waals surface area contributed by atoms with Crippen LogP contribution in [0.1, 0.15) is 47.6 Å². The van der Waals surface area contributed by atoms with Crippen LogP contribution in [0.25, 0.3) is 0 Å². The Hall–Kier alpha value is -2.42. The smallest absolute Gasteiger partial charge is 0.254 e. The lowest BCUT2D eigenvalue weighted by molar-refractivity contribution is 0.0680. The van der Waals surface area contributed by atoms with Gasteiger partial charge >= 0.3 is 0 Å². The fourth-order valence-electron chi connectivity index (χ4n) is 4.42. The Morgan fingerprint density at radius 3 is 2.47 bits per heavy atom. The minimum Gasteiger partial charge on any atom is -0.497 e. The van der Waals surface area contributed by atoms with Crippen molar-refractivity contribution in [3.63, 3.8) is 0 Å². The van der Waals surface area contributed by atoms with E-state index in [4.69, 9.17) is 9.47 Å². The third-order valence-electron chi connectivity index (χ3n) is 6.20. The number of benzene rings is 2. The van der Waals surface area contributed by atoms with Gasteiger partial charge in [0.15, 0.2) is 0 Å². The standard InChI is InChI=1S/C24H30N2O5S/c1-30-21-11-9-19(10-12-21)23-8-3-2-4-13-26(23)24(27)20-6-5-7-22(18-20)32(28,29)25-14-16-31-17-15-25/h5-7,9-12,18,23H,2-4,8,13-17H2,1H3/t23-/m0/s1. The molecule has 2 aromatic rings. The zero-order valence-electron chi connectivity index (χ0n) is 18.4. The maximum Gasteiger partial charge on any atom is 0.254 e. The van der Waals surface area contributed by atoms with Gasteiger partial charge in [0.2, 0.25) is 10.0 Å². The number of rotatable bonds is 5. The summed E-state index contributed by atoms with van der Waals surface area (Å²) < 4.78 is 38.1. The first-order valence-corrected chi connectivity index (χ1v) is 12.6. The molecule has 0 radical (unpaired) electrons. The van der Waals surface area contributed by atoms with Gasteiger partial charge in [0.05, 0.1) is 31.3 Å². The second-order valence-electron chi connectivity index (χ2n) is 8.18. The molecule has 2 aliphatic rings. The molecule has 4 rings (SSSR count). The van der Waals surface area contributed by atoms with Crippen molar-refractivity contribution >= 4 is 15.9 Å². The largest absolute Gasteiger partial charge is 0.497 e. The molecular formula is C24H30N2O5S. The van der Waals surface area contributed by atoms with E-state index in [2.05, 4.69) is 0 Å². The zero-order chi connectivity index (χ0) is 22.6. The lowest BCUT2D eigenvalue weighted by atomic mass is 10.00. The molecule has 8 heteroatoms. The molecule has 0 bridgehead atoms. The van der Waals surface area contributed by atoms with E-state index in [9.17, 15) is 13.2 Å². The SMILES string of the molecule is COc1ccc([C@@H]2CCCCCN2C(=O)c2cccc(S(=O)(=O)N3CCOCC3)c2)cc1. The van der Waals surface area contributed by atoms with Gasteiger partial charge in [0.1, 0.15) is 5.75 Å². The minimum absolute atomic E-state index is 0.0459. The van der Waals surface area contributed by atoms with Crippen molar-refractivity contribution in [2.45, 2.75) is 36.6 Å². The number of likely N-dealkylation sites (tertiary alicyclic amines) is 1. The fourth-order valence-corrected chi connectivity index (χ4v) is 5.87. The predicted molar refractivity (Wildman–Crippen MR) is 121 cm³/mol. The Bertz CT molecular complexity index is 1030. The van der Waals surface area contributed by atoms with Crippen LogP contribution in [0.15, 0.2) is 53.4 Å². The second kappa shape index (κ2) is 10.0. The lowest BCUT2D eigenvalue weighted by Crippen LogP contribution is -2.40. The molecule has 32 heavy (non-hydrogen) atoms. The van der Waals surface area contributed by atoms with E-state index in [1.54, 1.807) is 25.3 Å². The Morgan fingerprint density at radius 1 is 1.00 bits per heavy atom. The molecule has 0 spiro atoms. The number of methoxy groups -OCH3 is 1. The molecule has 2 aliphatic heterocycles. The first-order valence-electron chi connectivity index (χ1n) is 11.1. The fraction of sp³-hybridized carbons (Fsp3) is 0.458. The van der Waals surface area contributed by atoms with Gasteiger partial charge < -0.3 is 14.4 Å². The molecule has 0 saturated carbocycles. The molecule has 2 heterocycles. The van der Waals surface area contributed by atoms with Gasteiger partial charge in [-0.3, -0.25) is 4.79 Å². The molecule has 2 aromatic carbocycles. The van der Waals surface area contributed by atoms with Crippen LogP contribution in [0.5, 0.6) is 5.75 Å². The monoisotopic (exact) mass is 458 g/mol. The third kappa shape index (κ3) is 4.82. The topological polar surface area (TPSA) is 76.2 Å². The van der Waals surface area contributed by atoms with Crippen molar-refractivity contribution in [2.75, 3.05) is 40.0 Å². The predicted octanol–water partition coefficient (Wildman–Crippen LogP) is 3.47. The molecule has 7 nitrogen and oxygen atoms in total. The normalized spacial score (nSPS) is 20.5. The van der Waals surface area contributed by atoms with Crippen LogP contribution in [0.3, 0.4) is 0 Å². The van der Waals surface area contributed by atoms with Crippen LogP contribution in [0.4, 0.5) is 0 Å². The lowest BCUT2D eigenvalue weighted by Gasteiger charge is -2.31. The maximum atomic E-state index is 13.6. The van der Waals surface area contributed by atoms with E-state index >= 15 is 0 Å². The van der Waals surface area contributed by atoms with Gasteiger partial charge in [-0.25, -0.2) is 8.42 Å². The molecule has 0 N–H and O–H groups in total. The maximum absolute atomic E-state index is 13.6. The highest BCUT2D eigenvalue weighted by Gasteiger charge is 2.30. The van der Waals surface area contributed by atoms with Crippen molar-refractivity contribution in [1.29, 1.82) is 0 Å². The van der Waals surface area contributed by atoms with Crippen LogP contribution < -0.4 is 4.74 Å². The van der Waals surface area contributed by atoms with E-state index in [1.165, 1.54) is 10.4 Å². The summed E-state index contributed by atoms with van der Waals surface area (Å²) in [5, 5.41) is 0. The summed E-state index contributed by atoms with van der Waals surface area (Å²) in [4.78, 5) is 15.6. The molecule has 0 unspecified atom stereocenters. The van der Waals surface area contributed by atoms with Gasteiger partial charge in [-0.15, -0.1) is 0 Å². The number of hydrogen-bond acceptors (Lipinski definition) is 5. The van der Waals surface area contributed by atoms with Crippen molar-refractivity contribution in [2.24, 2.45) is 0 Å². The quantitative estimate of drug-likeness (QED) is 0.686. The van der Waals surface area contributed by atoms with Crippen molar-refractivity contribution in [3.05, 3.63) is 59.7 Å². The van der Waals surface area contributed by atoms with E-state index in [0.29, 0.717) is 38.4 Å². The number of carbonyl (C=O) groups is 1. The number of ether oxygens (including phenoxy) is 2. The number of hydrogen-bond donors (Lipinski definition) is 0. The summed E-state index contributed by atoms with van der Waals surface area (Å²) in [6.07, 6.45) is 3.93. The number of carbonyl (C=O) groups excluding carboxylic acids is 1. The Kier molecular flexibility index (Phi) is 7.13. The Labute approximate surface area is 190 Å². The summed E-state index contributed by atoms with van der Waals surface area (Å²) in [6.45, 7) is 2.07. The molecule has 1 amide bonds. The highest BCUT2D eigenvalue weighted by Crippen LogP contribution is 2.32. The van der Waals surface area contributed by atoms with E-state index in [-0.39, 0.29) is 16.8 Å². The first kappa shape index (κ1) is 22.8. The number of amides is 1. The summed E-state index contributed by atoms with van der Waals surface area (Å²) in [6, 6.07) is 14.2. The Balaban J connectivity index is 1.62.